The monoisotopic (exact) mass is 320 g/mol. The highest BCUT2D eigenvalue weighted by atomic mass is 16.5. The van der Waals surface area contributed by atoms with Crippen molar-refractivity contribution in [3.05, 3.63) is 78.2 Å². The highest BCUT2D eigenvalue weighted by Crippen LogP contribution is 2.21. The van der Waals surface area contributed by atoms with E-state index in [4.69, 9.17) is 10.5 Å². The van der Waals surface area contributed by atoms with Gasteiger partial charge in [-0.1, -0.05) is 24.3 Å². The van der Waals surface area contributed by atoms with Gasteiger partial charge in [-0.25, -0.2) is 9.97 Å². The van der Waals surface area contributed by atoms with E-state index in [1.165, 1.54) is 6.33 Å². The zero-order valence-corrected chi connectivity index (χ0v) is 12.8. The number of para-hydroxylation sites is 1. The van der Waals surface area contributed by atoms with E-state index in [0.29, 0.717) is 29.4 Å². The number of carbonyl (C=O) groups is 1. The molecular weight excluding hydrogens is 304 g/mol. The molecule has 0 saturated carbocycles. The van der Waals surface area contributed by atoms with Crippen LogP contribution in [0.4, 0.5) is 5.69 Å². The molecule has 3 N–H and O–H groups in total. The summed E-state index contributed by atoms with van der Waals surface area (Å²) in [7, 11) is 0. The summed E-state index contributed by atoms with van der Waals surface area (Å²) in [6, 6.07) is 17.8. The van der Waals surface area contributed by atoms with Gasteiger partial charge in [-0.05, 0) is 30.3 Å². The van der Waals surface area contributed by atoms with E-state index in [-0.39, 0.29) is 5.91 Å². The second kappa shape index (κ2) is 7.34. The number of aromatic nitrogens is 2. The molecule has 0 aliphatic rings. The van der Waals surface area contributed by atoms with Gasteiger partial charge >= 0.3 is 0 Å². The van der Waals surface area contributed by atoms with Crippen LogP contribution in [0, 0.1) is 0 Å². The third-order valence-electron chi connectivity index (χ3n) is 3.26. The minimum Gasteiger partial charge on any atom is -0.439 e. The number of amides is 1. The number of benzene rings is 2. The van der Waals surface area contributed by atoms with E-state index in [1.54, 1.807) is 30.3 Å². The van der Waals surface area contributed by atoms with E-state index < -0.39 is 0 Å². The average Bonchev–Trinajstić information content (AvgIpc) is 2.63. The third-order valence-corrected chi connectivity index (χ3v) is 3.26. The zero-order chi connectivity index (χ0) is 16.8. The number of hydrogen-bond donors (Lipinski definition) is 2. The Bertz CT molecular complexity index is 837. The fourth-order valence-corrected chi connectivity index (χ4v) is 2.09. The molecule has 0 bridgehead atoms. The number of anilines is 1. The molecule has 6 nitrogen and oxygen atoms in total. The fourth-order valence-electron chi connectivity index (χ4n) is 2.09. The molecule has 24 heavy (non-hydrogen) atoms. The minimum atomic E-state index is -0.211. The van der Waals surface area contributed by atoms with Crippen molar-refractivity contribution in [2.75, 3.05) is 5.32 Å². The first-order chi connectivity index (χ1) is 11.7. The maximum absolute atomic E-state index is 12.3. The van der Waals surface area contributed by atoms with Crippen LogP contribution in [-0.4, -0.2) is 15.9 Å². The van der Waals surface area contributed by atoms with Gasteiger partial charge in [0.25, 0.3) is 5.91 Å². The smallest absolute Gasteiger partial charge is 0.255 e. The fraction of sp³-hybridized carbons (Fsp3) is 0.0556. The average molecular weight is 320 g/mol. The van der Waals surface area contributed by atoms with Crippen molar-refractivity contribution in [3.8, 4) is 11.6 Å². The van der Waals surface area contributed by atoms with Crippen molar-refractivity contribution in [3.63, 3.8) is 0 Å². The molecular formula is C18H16N4O2. The lowest BCUT2D eigenvalue weighted by Gasteiger charge is -2.08. The van der Waals surface area contributed by atoms with E-state index in [2.05, 4.69) is 15.3 Å². The molecule has 0 radical (unpaired) electrons. The molecule has 0 aliphatic heterocycles. The van der Waals surface area contributed by atoms with Crippen molar-refractivity contribution < 1.29 is 9.53 Å². The van der Waals surface area contributed by atoms with Crippen molar-refractivity contribution in [1.29, 1.82) is 0 Å². The van der Waals surface area contributed by atoms with Gasteiger partial charge in [0.15, 0.2) is 0 Å². The van der Waals surface area contributed by atoms with Crippen molar-refractivity contribution in [2.24, 2.45) is 5.73 Å². The van der Waals surface area contributed by atoms with Crippen molar-refractivity contribution in [2.45, 2.75) is 6.54 Å². The molecule has 1 heterocycles. The Morgan fingerprint density at radius 3 is 2.67 bits per heavy atom. The van der Waals surface area contributed by atoms with Gasteiger partial charge in [0.1, 0.15) is 12.1 Å². The summed E-state index contributed by atoms with van der Waals surface area (Å²) in [6.45, 7) is 0.304. The van der Waals surface area contributed by atoms with E-state index in [9.17, 15) is 4.79 Å². The Hall–Kier alpha value is -3.25. The Kier molecular flexibility index (Phi) is 4.78. The molecule has 6 heteroatoms. The molecule has 3 aromatic rings. The van der Waals surface area contributed by atoms with E-state index in [1.807, 2.05) is 30.3 Å². The number of ether oxygens (including phenoxy) is 1. The van der Waals surface area contributed by atoms with Crippen LogP contribution in [0.5, 0.6) is 11.6 Å². The summed E-state index contributed by atoms with van der Waals surface area (Å²) in [6.07, 6.45) is 1.39. The van der Waals surface area contributed by atoms with Crippen LogP contribution in [-0.2, 0) is 6.54 Å². The molecule has 120 valence electrons. The minimum absolute atomic E-state index is 0.211. The van der Waals surface area contributed by atoms with Gasteiger partial charge in [0.05, 0.1) is 5.69 Å². The normalized spacial score (nSPS) is 10.2. The van der Waals surface area contributed by atoms with Crippen LogP contribution in [0.25, 0.3) is 0 Å². The summed E-state index contributed by atoms with van der Waals surface area (Å²) in [4.78, 5) is 20.4. The number of nitrogens with two attached hydrogens (primary N) is 1. The summed E-state index contributed by atoms with van der Waals surface area (Å²) in [5.74, 6) is 0.681. The van der Waals surface area contributed by atoms with Gasteiger partial charge in [-0.15, -0.1) is 0 Å². The van der Waals surface area contributed by atoms with Crippen LogP contribution in [0.15, 0.2) is 67.0 Å². The summed E-state index contributed by atoms with van der Waals surface area (Å²) >= 11 is 0. The zero-order valence-electron chi connectivity index (χ0n) is 12.8. The van der Waals surface area contributed by atoms with Gasteiger partial charge in [0, 0.05) is 23.9 Å². The Morgan fingerprint density at radius 1 is 1.04 bits per heavy atom. The van der Waals surface area contributed by atoms with Crippen molar-refractivity contribution in [1.82, 2.24) is 9.97 Å². The summed E-state index contributed by atoms with van der Waals surface area (Å²) < 4.78 is 5.68. The number of carbonyl (C=O) groups excluding carboxylic acids is 1. The predicted octanol–water partition coefficient (Wildman–Crippen LogP) is 2.98. The largest absolute Gasteiger partial charge is 0.439 e. The number of hydrogen-bond acceptors (Lipinski definition) is 5. The van der Waals surface area contributed by atoms with Gasteiger partial charge in [0.2, 0.25) is 5.88 Å². The number of nitrogens with one attached hydrogen (secondary N) is 1. The second-order valence-electron chi connectivity index (χ2n) is 5.00. The Balaban J connectivity index is 1.75. The second-order valence-corrected chi connectivity index (χ2v) is 5.00. The van der Waals surface area contributed by atoms with Crippen LogP contribution in [0.1, 0.15) is 16.1 Å². The van der Waals surface area contributed by atoms with Gasteiger partial charge < -0.3 is 15.8 Å². The maximum atomic E-state index is 12.3. The maximum Gasteiger partial charge on any atom is 0.255 e. The number of nitrogens with zero attached hydrogens (tertiary/aromatic N) is 2. The predicted molar refractivity (Wildman–Crippen MR) is 90.8 cm³/mol. The standard InChI is InChI=1S/C18H16N4O2/c19-11-15-10-17(21-12-20-15)24-16-8-4-5-13(9-16)18(23)22-14-6-2-1-3-7-14/h1-10,12H,11,19H2,(H,22,23). The summed E-state index contributed by atoms with van der Waals surface area (Å²) in [5.41, 5.74) is 7.45. The lowest BCUT2D eigenvalue weighted by molar-refractivity contribution is 0.102. The molecule has 2 aromatic carbocycles. The van der Waals surface area contributed by atoms with Crippen LogP contribution >= 0.6 is 0 Å². The van der Waals surface area contributed by atoms with Gasteiger partial charge in [-0.3, -0.25) is 4.79 Å². The molecule has 0 saturated heterocycles. The molecule has 1 amide bonds. The number of rotatable bonds is 5. The van der Waals surface area contributed by atoms with Crippen LogP contribution in [0.2, 0.25) is 0 Å². The lowest BCUT2D eigenvalue weighted by atomic mass is 10.2. The first-order valence-electron chi connectivity index (χ1n) is 7.40. The molecule has 0 atom stereocenters. The SMILES string of the molecule is NCc1cc(Oc2cccc(C(=O)Nc3ccccc3)c2)ncn1. The highest BCUT2D eigenvalue weighted by Gasteiger charge is 2.08. The Labute approximate surface area is 139 Å². The molecule has 1 aromatic heterocycles. The molecule has 0 spiro atoms. The van der Waals surface area contributed by atoms with E-state index in [0.717, 1.165) is 5.69 Å². The van der Waals surface area contributed by atoms with Crippen LogP contribution < -0.4 is 15.8 Å². The topological polar surface area (TPSA) is 90.1 Å². The first-order valence-corrected chi connectivity index (χ1v) is 7.40. The molecule has 0 fully saturated rings. The van der Waals surface area contributed by atoms with Gasteiger partial charge in [-0.2, -0.15) is 0 Å². The quantitative estimate of drug-likeness (QED) is 0.754. The van der Waals surface area contributed by atoms with E-state index >= 15 is 0 Å². The van der Waals surface area contributed by atoms with Crippen molar-refractivity contribution >= 4 is 11.6 Å². The van der Waals surface area contributed by atoms with Crippen LogP contribution in [0.3, 0.4) is 0 Å². The highest BCUT2D eigenvalue weighted by molar-refractivity contribution is 6.04. The lowest BCUT2D eigenvalue weighted by Crippen LogP contribution is -2.11. The molecule has 0 aliphatic carbocycles. The molecule has 3 rings (SSSR count). The first kappa shape index (κ1) is 15.6. The molecule has 0 unspecified atom stereocenters. The third kappa shape index (κ3) is 3.93. The summed E-state index contributed by atoms with van der Waals surface area (Å²) in [5, 5.41) is 2.83. The Morgan fingerprint density at radius 2 is 1.88 bits per heavy atom.